The molecule has 116 valence electrons. The molecule has 0 unspecified atom stereocenters. The highest BCUT2D eigenvalue weighted by Crippen LogP contribution is 2.57. The molecular weight excluding hydrogens is 256 g/mol. The summed E-state index contributed by atoms with van der Waals surface area (Å²) in [6.45, 7) is 7.20. The number of hydrogen-bond donors (Lipinski definition) is 0. The molecule has 21 heavy (non-hydrogen) atoms. The summed E-state index contributed by atoms with van der Waals surface area (Å²) in [5.41, 5.74) is 5.33. The van der Waals surface area contributed by atoms with E-state index in [4.69, 9.17) is 0 Å². The van der Waals surface area contributed by atoms with Crippen molar-refractivity contribution in [3.63, 3.8) is 0 Å². The Morgan fingerprint density at radius 3 is 2.52 bits per heavy atom. The van der Waals surface area contributed by atoms with Crippen LogP contribution in [-0.2, 0) is 4.79 Å². The van der Waals surface area contributed by atoms with Gasteiger partial charge in [-0.05, 0) is 66.6 Å². The van der Waals surface area contributed by atoms with Crippen molar-refractivity contribution in [2.45, 2.75) is 78.6 Å². The van der Waals surface area contributed by atoms with Gasteiger partial charge in [0.25, 0.3) is 0 Å². The van der Waals surface area contributed by atoms with Crippen LogP contribution in [0, 0.1) is 17.3 Å². The van der Waals surface area contributed by atoms with E-state index in [2.05, 4.69) is 20.8 Å². The van der Waals surface area contributed by atoms with E-state index >= 15 is 0 Å². The zero-order valence-corrected chi connectivity index (χ0v) is 14.0. The molecular formula is C20H30O. The van der Waals surface area contributed by atoms with E-state index in [0.29, 0.717) is 11.2 Å². The van der Waals surface area contributed by atoms with Crippen LogP contribution in [0.2, 0.25) is 0 Å². The number of allylic oxidation sites excluding steroid dienone is 4. The third-order valence-corrected chi connectivity index (χ3v) is 6.92. The van der Waals surface area contributed by atoms with Gasteiger partial charge in [0.1, 0.15) is 0 Å². The zero-order chi connectivity index (χ0) is 15.0. The van der Waals surface area contributed by atoms with Crippen molar-refractivity contribution in [2.24, 2.45) is 17.3 Å². The monoisotopic (exact) mass is 286 g/mol. The highest BCUT2D eigenvalue weighted by atomic mass is 16.1. The molecule has 2 atom stereocenters. The van der Waals surface area contributed by atoms with Gasteiger partial charge in [0.15, 0.2) is 5.78 Å². The van der Waals surface area contributed by atoms with Crippen LogP contribution in [-0.4, -0.2) is 5.78 Å². The van der Waals surface area contributed by atoms with Gasteiger partial charge in [0.2, 0.25) is 0 Å². The molecule has 1 fully saturated rings. The molecule has 0 bridgehead atoms. The molecule has 0 radical (unpaired) electrons. The summed E-state index contributed by atoms with van der Waals surface area (Å²) in [7, 11) is 0. The minimum Gasteiger partial charge on any atom is -0.295 e. The van der Waals surface area contributed by atoms with Crippen LogP contribution in [0.25, 0.3) is 0 Å². The first-order valence-electron chi connectivity index (χ1n) is 9.10. The second-order valence-electron chi connectivity index (χ2n) is 7.37. The predicted octanol–water partition coefficient (Wildman–Crippen LogP) is 5.61. The molecule has 0 aromatic heterocycles. The smallest absolute Gasteiger partial charge is 0.156 e. The summed E-state index contributed by atoms with van der Waals surface area (Å²) < 4.78 is 0. The lowest BCUT2D eigenvalue weighted by molar-refractivity contribution is -0.114. The lowest BCUT2D eigenvalue weighted by Gasteiger charge is -2.51. The Hall–Kier alpha value is -0.850. The highest BCUT2D eigenvalue weighted by molar-refractivity contribution is 5.93. The summed E-state index contributed by atoms with van der Waals surface area (Å²) >= 11 is 0. The van der Waals surface area contributed by atoms with Gasteiger partial charge in [-0.25, -0.2) is 0 Å². The standard InChI is InChI=1S/C20H30O/c1-4-19-18-9-7-14-13-15(21)8-10-16(14)17(18)11-12-20(19,5-2)6-3/h13,18-19H,4-12H2,1-3H3/t18-,19+/m1/s1. The fourth-order valence-electron chi connectivity index (χ4n) is 5.68. The number of carbonyl (C=O) groups is 1. The van der Waals surface area contributed by atoms with Gasteiger partial charge in [-0.3, -0.25) is 4.79 Å². The molecule has 0 aliphatic heterocycles. The van der Waals surface area contributed by atoms with Crippen molar-refractivity contribution in [2.75, 3.05) is 0 Å². The maximum absolute atomic E-state index is 11.7. The van der Waals surface area contributed by atoms with Crippen molar-refractivity contribution < 1.29 is 4.79 Å². The molecule has 0 saturated heterocycles. The zero-order valence-electron chi connectivity index (χ0n) is 14.0. The third-order valence-electron chi connectivity index (χ3n) is 6.92. The van der Waals surface area contributed by atoms with Gasteiger partial charge in [-0.15, -0.1) is 0 Å². The van der Waals surface area contributed by atoms with E-state index in [1.54, 1.807) is 11.1 Å². The first-order valence-corrected chi connectivity index (χ1v) is 9.10. The van der Waals surface area contributed by atoms with Crippen molar-refractivity contribution in [1.29, 1.82) is 0 Å². The molecule has 3 aliphatic carbocycles. The van der Waals surface area contributed by atoms with Crippen LogP contribution in [0.3, 0.4) is 0 Å². The van der Waals surface area contributed by atoms with Gasteiger partial charge in [-0.1, -0.05) is 45.6 Å². The first-order chi connectivity index (χ1) is 10.1. The fourth-order valence-corrected chi connectivity index (χ4v) is 5.68. The van der Waals surface area contributed by atoms with Crippen molar-refractivity contribution in [3.05, 3.63) is 22.8 Å². The maximum Gasteiger partial charge on any atom is 0.156 e. The molecule has 3 rings (SSSR count). The topological polar surface area (TPSA) is 17.1 Å². The van der Waals surface area contributed by atoms with Crippen molar-refractivity contribution in [3.8, 4) is 0 Å². The van der Waals surface area contributed by atoms with Crippen LogP contribution in [0.4, 0.5) is 0 Å². The van der Waals surface area contributed by atoms with Crippen LogP contribution in [0.15, 0.2) is 22.8 Å². The normalized spacial score (nSPS) is 31.6. The van der Waals surface area contributed by atoms with E-state index in [9.17, 15) is 4.79 Å². The van der Waals surface area contributed by atoms with Gasteiger partial charge in [-0.2, -0.15) is 0 Å². The van der Waals surface area contributed by atoms with Crippen LogP contribution >= 0.6 is 0 Å². The fraction of sp³-hybridized carbons (Fsp3) is 0.750. The molecule has 0 spiro atoms. The maximum atomic E-state index is 11.7. The Morgan fingerprint density at radius 2 is 1.86 bits per heavy atom. The number of carbonyl (C=O) groups excluding carboxylic acids is 1. The lowest BCUT2D eigenvalue weighted by Crippen LogP contribution is -2.41. The van der Waals surface area contributed by atoms with E-state index in [0.717, 1.165) is 31.1 Å². The second kappa shape index (κ2) is 5.74. The minimum absolute atomic E-state index is 0.354. The Morgan fingerprint density at radius 1 is 1.10 bits per heavy atom. The average molecular weight is 286 g/mol. The van der Waals surface area contributed by atoms with E-state index in [1.165, 1.54) is 44.1 Å². The third kappa shape index (κ3) is 2.33. The van der Waals surface area contributed by atoms with Crippen molar-refractivity contribution in [1.82, 2.24) is 0 Å². The molecule has 0 N–H and O–H groups in total. The largest absolute Gasteiger partial charge is 0.295 e. The van der Waals surface area contributed by atoms with Gasteiger partial charge in [0, 0.05) is 6.42 Å². The summed E-state index contributed by atoms with van der Waals surface area (Å²) in [4.78, 5) is 11.7. The average Bonchev–Trinajstić information content (AvgIpc) is 2.52. The second-order valence-corrected chi connectivity index (χ2v) is 7.37. The Labute approximate surface area is 129 Å². The molecule has 0 heterocycles. The van der Waals surface area contributed by atoms with Crippen molar-refractivity contribution >= 4 is 5.78 Å². The Balaban J connectivity index is 1.99. The molecule has 3 aliphatic rings. The van der Waals surface area contributed by atoms with E-state index < -0.39 is 0 Å². The number of rotatable bonds is 3. The SMILES string of the molecule is CC[C@H]1[C@@H]2CCC3=CC(=O)CCC3=C2CCC1(CC)CC. The van der Waals surface area contributed by atoms with Gasteiger partial charge < -0.3 is 0 Å². The van der Waals surface area contributed by atoms with Crippen LogP contribution < -0.4 is 0 Å². The molecule has 1 saturated carbocycles. The molecule has 1 heteroatoms. The molecule has 0 amide bonds. The first kappa shape index (κ1) is 15.1. The Bertz CT molecular complexity index is 490. The Kier molecular flexibility index (Phi) is 4.12. The molecule has 0 aromatic rings. The summed E-state index contributed by atoms with van der Waals surface area (Å²) in [5, 5.41) is 0. The van der Waals surface area contributed by atoms with E-state index in [1.807, 2.05) is 6.08 Å². The van der Waals surface area contributed by atoms with Crippen LogP contribution in [0.1, 0.15) is 78.6 Å². The minimum atomic E-state index is 0.354. The van der Waals surface area contributed by atoms with Gasteiger partial charge >= 0.3 is 0 Å². The summed E-state index contributed by atoms with van der Waals surface area (Å²) in [6, 6.07) is 0. The number of ketones is 1. The summed E-state index contributed by atoms with van der Waals surface area (Å²) in [6.07, 6.45) is 12.8. The number of hydrogen-bond acceptors (Lipinski definition) is 1. The molecule has 1 nitrogen and oxygen atoms in total. The quantitative estimate of drug-likeness (QED) is 0.659. The van der Waals surface area contributed by atoms with E-state index in [-0.39, 0.29) is 0 Å². The van der Waals surface area contributed by atoms with Crippen LogP contribution in [0.5, 0.6) is 0 Å². The number of fused-ring (bicyclic) bond motifs is 2. The van der Waals surface area contributed by atoms with Gasteiger partial charge in [0.05, 0.1) is 0 Å². The predicted molar refractivity (Wildman–Crippen MR) is 88.1 cm³/mol. The molecule has 0 aromatic carbocycles. The highest BCUT2D eigenvalue weighted by Gasteiger charge is 2.46. The lowest BCUT2D eigenvalue weighted by atomic mass is 9.53. The summed E-state index contributed by atoms with van der Waals surface area (Å²) in [5.74, 6) is 2.03.